The van der Waals surface area contributed by atoms with Crippen molar-refractivity contribution in [2.24, 2.45) is 0 Å². The number of carboxylic acids is 1. The Kier molecular flexibility index (Phi) is 10.9. The molecule has 0 aliphatic carbocycles. The minimum absolute atomic E-state index is 0.00762. The predicted octanol–water partition coefficient (Wildman–Crippen LogP) is 2.91. The van der Waals surface area contributed by atoms with Crippen LogP contribution >= 0.6 is 23.2 Å². The summed E-state index contributed by atoms with van der Waals surface area (Å²) in [5, 5.41) is 46.3. The van der Waals surface area contributed by atoms with Crippen LogP contribution in [0.25, 0.3) is 0 Å². The third-order valence-corrected chi connectivity index (χ3v) is 8.40. The van der Waals surface area contributed by atoms with Crippen LogP contribution in [0.1, 0.15) is 27.1 Å². The quantitative estimate of drug-likeness (QED) is 0.205. The number of aliphatic hydroxyl groups excluding tert-OH is 3. The molecule has 2 fully saturated rings. The van der Waals surface area contributed by atoms with E-state index in [1.54, 1.807) is 12.1 Å². The Hall–Kier alpha value is -3.95. The third-order valence-electron chi connectivity index (χ3n) is 7.93. The largest absolute Gasteiger partial charge is 0.479 e. The average Bonchev–Trinajstić information content (AvgIpc) is 3.27. The number of carboxylic acid groups (broad SMARTS) is 1. The summed E-state index contributed by atoms with van der Waals surface area (Å²) in [6.07, 6.45) is -8.56. The Morgan fingerprint density at radius 2 is 1.45 bits per heavy atom. The number of rotatable bonds is 8. The van der Waals surface area contributed by atoms with Crippen molar-refractivity contribution >= 4 is 58.0 Å². The highest BCUT2D eigenvalue weighted by atomic mass is 35.5. The van der Waals surface area contributed by atoms with Crippen molar-refractivity contribution in [2.45, 2.75) is 37.1 Å². The summed E-state index contributed by atoms with van der Waals surface area (Å²) >= 11 is 12.3. The zero-order chi connectivity index (χ0) is 33.8. The second-order valence-corrected chi connectivity index (χ2v) is 12.2. The standard InChI is InChI=1S/C32H34Cl2N4O9/c1-37-11-2-12-38(14-13-37)21-9-5-18(6-10-21)30(43)36-24-22(35-29(42)17-3-7-19(33)8-4-17)15-20(34)16-23(24)46-32-27(41)25(39)26(40)28(47-32)31(44)45/h3-10,15-16,25-28,32,39-41H,2,11-14H2,1H3,(H,35,42)(H,36,43)(H,44,45)/t25-,26-,27+,28-,32+/m0/s1. The summed E-state index contributed by atoms with van der Waals surface area (Å²) < 4.78 is 11.1. The highest BCUT2D eigenvalue weighted by Crippen LogP contribution is 2.39. The molecular formula is C32H34Cl2N4O9. The lowest BCUT2D eigenvalue weighted by Crippen LogP contribution is -2.61. The molecule has 0 bridgehead atoms. The summed E-state index contributed by atoms with van der Waals surface area (Å²) in [6.45, 7) is 3.63. The number of aliphatic hydroxyl groups is 3. The fourth-order valence-corrected chi connectivity index (χ4v) is 5.62. The third kappa shape index (κ3) is 8.14. The van der Waals surface area contributed by atoms with Crippen LogP contribution in [0.3, 0.4) is 0 Å². The number of benzene rings is 3. The van der Waals surface area contributed by atoms with E-state index in [2.05, 4.69) is 27.5 Å². The molecule has 2 heterocycles. The molecule has 250 valence electrons. The maximum atomic E-state index is 13.6. The van der Waals surface area contributed by atoms with Gasteiger partial charge in [0.25, 0.3) is 11.8 Å². The molecule has 47 heavy (non-hydrogen) atoms. The van der Waals surface area contributed by atoms with Gasteiger partial charge >= 0.3 is 5.97 Å². The fraction of sp³-hybridized carbons (Fsp3) is 0.344. The normalized spacial score (nSPS) is 23.4. The van der Waals surface area contributed by atoms with E-state index >= 15 is 0 Å². The molecule has 3 aromatic carbocycles. The molecule has 6 N–H and O–H groups in total. The average molecular weight is 690 g/mol. The van der Waals surface area contributed by atoms with Gasteiger partial charge in [-0.1, -0.05) is 23.2 Å². The van der Waals surface area contributed by atoms with E-state index in [9.17, 15) is 34.8 Å². The molecular weight excluding hydrogens is 655 g/mol. The van der Waals surface area contributed by atoms with Crippen molar-refractivity contribution in [3.8, 4) is 5.75 Å². The minimum atomic E-state index is -1.95. The SMILES string of the molecule is CN1CCCN(c2ccc(C(=O)Nc3c(NC(=O)c4ccc(Cl)cc4)cc(Cl)cc3O[C@@H]3O[C@H](C(=O)O)[C@@H](O)[C@H](O)[C@H]3O)cc2)CC1. The van der Waals surface area contributed by atoms with E-state index < -0.39 is 48.5 Å². The summed E-state index contributed by atoms with van der Waals surface area (Å²) in [5.41, 5.74) is 1.35. The number of hydrogen-bond acceptors (Lipinski definition) is 10. The minimum Gasteiger partial charge on any atom is -0.479 e. The number of amides is 2. The lowest BCUT2D eigenvalue weighted by Gasteiger charge is -2.38. The summed E-state index contributed by atoms with van der Waals surface area (Å²) in [5.74, 6) is -3.02. The Balaban J connectivity index is 1.46. The van der Waals surface area contributed by atoms with Gasteiger partial charge in [0.15, 0.2) is 6.10 Å². The van der Waals surface area contributed by atoms with Gasteiger partial charge in [0.1, 0.15) is 29.7 Å². The molecule has 0 saturated carbocycles. The van der Waals surface area contributed by atoms with Crippen molar-refractivity contribution in [2.75, 3.05) is 48.8 Å². The zero-order valence-electron chi connectivity index (χ0n) is 25.2. The van der Waals surface area contributed by atoms with Gasteiger partial charge in [-0.2, -0.15) is 0 Å². The number of carbonyl (C=O) groups is 3. The van der Waals surface area contributed by atoms with Gasteiger partial charge in [0.05, 0.1) is 5.69 Å². The molecule has 2 aliphatic heterocycles. The molecule has 15 heteroatoms. The molecule has 0 unspecified atom stereocenters. The number of likely N-dealkylation sites (N-methyl/N-ethyl adjacent to an activating group) is 1. The second kappa shape index (κ2) is 14.9. The topological polar surface area (TPSA) is 181 Å². The van der Waals surface area contributed by atoms with E-state index in [1.807, 2.05) is 12.1 Å². The number of halogens is 2. The zero-order valence-corrected chi connectivity index (χ0v) is 26.7. The highest BCUT2D eigenvalue weighted by molar-refractivity contribution is 6.31. The van der Waals surface area contributed by atoms with Gasteiger partial charge in [-0.3, -0.25) is 9.59 Å². The van der Waals surface area contributed by atoms with Gasteiger partial charge in [-0.05, 0) is 74.6 Å². The maximum Gasteiger partial charge on any atom is 0.335 e. The van der Waals surface area contributed by atoms with Crippen molar-refractivity contribution in [1.29, 1.82) is 0 Å². The molecule has 0 aromatic heterocycles. The smallest absolute Gasteiger partial charge is 0.335 e. The summed E-state index contributed by atoms with van der Waals surface area (Å²) in [4.78, 5) is 42.9. The first kappa shape index (κ1) is 34.4. The molecule has 2 saturated heterocycles. The molecule has 3 aromatic rings. The number of nitrogens with zero attached hydrogens (tertiary/aromatic N) is 2. The first-order valence-corrected chi connectivity index (χ1v) is 15.5. The Labute approximate surface area is 280 Å². The molecule has 2 amide bonds. The first-order chi connectivity index (χ1) is 22.4. The van der Waals surface area contributed by atoms with Crippen LogP contribution in [0, 0.1) is 0 Å². The number of nitrogens with one attached hydrogen (secondary N) is 2. The van der Waals surface area contributed by atoms with Crippen LogP contribution in [-0.4, -0.2) is 107 Å². The van der Waals surface area contributed by atoms with E-state index in [4.69, 9.17) is 32.7 Å². The lowest BCUT2D eigenvalue weighted by atomic mass is 9.99. The highest BCUT2D eigenvalue weighted by Gasteiger charge is 2.48. The Bertz CT molecular complexity index is 1610. The van der Waals surface area contributed by atoms with Crippen LogP contribution < -0.4 is 20.3 Å². The van der Waals surface area contributed by atoms with E-state index in [0.717, 1.165) is 38.3 Å². The molecule has 0 spiro atoms. The van der Waals surface area contributed by atoms with Crippen molar-refractivity contribution in [3.05, 3.63) is 81.8 Å². The number of anilines is 3. The van der Waals surface area contributed by atoms with Crippen molar-refractivity contribution < 1.29 is 44.3 Å². The van der Waals surface area contributed by atoms with Crippen molar-refractivity contribution in [1.82, 2.24) is 4.90 Å². The maximum absolute atomic E-state index is 13.6. The van der Waals surface area contributed by atoms with Crippen LogP contribution in [0.5, 0.6) is 5.75 Å². The lowest BCUT2D eigenvalue weighted by molar-refractivity contribution is -0.271. The van der Waals surface area contributed by atoms with Crippen LogP contribution in [-0.2, 0) is 9.53 Å². The number of ether oxygens (including phenoxy) is 2. The van der Waals surface area contributed by atoms with Gasteiger partial charge in [0.2, 0.25) is 6.29 Å². The van der Waals surface area contributed by atoms with Gasteiger partial charge in [0, 0.05) is 52.6 Å². The van der Waals surface area contributed by atoms with Crippen LogP contribution in [0.4, 0.5) is 17.1 Å². The fourth-order valence-electron chi connectivity index (χ4n) is 5.29. The molecule has 13 nitrogen and oxygen atoms in total. The van der Waals surface area contributed by atoms with Gasteiger partial charge in [-0.15, -0.1) is 0 Å². The summed E-state index contributed by atoms with van der Waals surface area (Å²) in [6, 6.07) is 15.6. The molecule has 5 rings (SSSR count). The van der Waals surface area contributed by atoms with E-state index in [0.29, 0.717) is 5.02 Å². The number of aliphatic carboxylic acids is 1. The van der Waals surface area contributed by atoms with Gasteiger partial charge < -0.3 is 50.3 Å². The van der Waals surface area contributed by atoms with E-state index in [1.165, 1.54) is 36.4 Å². The molecule has 2 aliphatic rings. The molecule has 5 atom stereocenters. The Morgan fingerprint density at radius 1 is 0.809 bits per heavy atom. The van der Waals surface area contributed by atoms with Gasteiger partial charge in [-0.25, -0.2) is 4.79 Å². The number of carbonyl (C=O) groups excluding carboxylic acids is 2. The van der Waals surface area contributed by atoms with Crippen LogP contribution in [0.2, 0.25) is 10.0 Å². The second-order valence-electron chi connectivity index (χ2n) is 11.3. The van der Waals surface area contributed by atoms with Crippen molar-refractivity contribution in [3.63, 3.8) is 0 Å². The predicted molar refractivity (Wildman–Crippen MR) is 175 cm³/mol. The Morgan fingerprint density at radius 3 is 2.11 bits per heavy atom. The monoisotopic (exact) mass is 688 g/mol. The summed E-state index contributed by atoms with van der Waals surface area (Å²) in [7, 11) is 2.08. The number of hydrogen-bond donors (Lipinski definition) is 6. The van der Waals surface area contributed by atoms with Crippen LogP contribution in [0.15, 0.2) is 60.7 Å². The first-order valence-electron chi connectivity index (χ1n) is 14.8. The van der Waals surface area contributed by atoms with E-state index in [-0.39, 0.29) is 33.3 Å². The molecule has 0 radical (unpaired) electrons.